The number of hydrogen-bond acceptors (Lipinski definition) is 7. The lowest BCUT2D eigenvalue weighted by molar-refractivity contribution is -0.228. The molecule has 0 spiro atoms. The molecule has 2 unspecified atom stereocenters. The Morgan fingerprint density at radius 1 is 1.28 bits per heavy atom. The van der Waals surface area contributed by atoms with Crippen LogP contribution in [0.1, 0.15) is 79.9 Å². The molecule has 0 aromatic carbocycles. The van der Waals surface area contributed by atoms with Gasteiger partial charge in [-0.1, -0.05) is 39.3 Å². The van der Waals surface area contributed by atoms with E-state index in [1.807, 2.05) is 0 Å². The highest BCUT2D eigenvalue weighted by molar-refractivity contribution is 6.01. The first-order valence-corrected chi connectivity index (χ1v) is 12.5. The average Bonchev–Trinajstić information content (AvgIpc) is 3.09. The fourth-order valence-corrected chi connectivity index (χ4v) is 7.92. The molecule has 0 heterocycles. The molecule has 4 rings (SSSR count). The molecular weight excluding hydrogens is 467 g/mol. The van der Waals surface area contributed by atoms with Crippen LogP contribution in [0.25, 0.3) is 0 Å². The van der Waals surface area contributed by atoms with Crippen LogP contribution < -0.4 is 0 Å². The molecule has 8 heteroatoms. The number of esters is 2. The standard InChI is InChI=1S/C28H37FO7/c1-6-23(33)35-15-22(32)28(36-24(34)7-2)16(3)12-20-19-9-8-17-13-18(30)10-11-25(17,4)27(19,29)21(31)14-26(20,28)5/h10-11,13,16,19-21,31H,6-9,12,14-15H2,1-5H3/t16-,19?,20?,21-,25-,26-,27-,28-/m0/s1/i1D3,6D2. The molecule has 0 amide bonds. The zero-order valence-electron chi connectivity index (χ0n) is 26.1. The number of carbonyl (C=O) groups is 4. The number of rotatable bonds is 6. The largest absolute Gasteiger partial charge is 0.457 e. The second-order valence-electron chi connectivity index (χ2n) is 11.1. The SMILES string of the molecule is [2H]C([2H])([2H])C([2H])([2H])C(=O)OCC(=O)[C@@]1(OC(=O)CC)[C@@H](C)CC2C3CCC4=CC(=O)C=C[C@]4(C)[C@@]3(F)[C@@H](O)C[C@@]21C. The van der Waals surface area contributed by atoms with Crippen molar-refractivity contribution in [1.82, 2.24) is 0 Å². The van der Waals surface area contributed by atoms with E-state index >= 15 is 4.39 Å². The highest BCUT2D eigenvalue weighted by Crippen LogP contribution is 2.71. The van der Waals surface area contributed by atoms with Gasteiger partial charge in [0.25, 0.3) is 0 Å². The zero-order valence-corrected chi connectivity index (χ0v) is 21.1. The van der Waals surface area contributed by atoms with E-state index < -0.39 is 83.5 Å². The summed E-state index contributed by atoms with van der Waals surface area (Å²) < 4.78 is 65.4. The fourth-order valence-electron chi connectivity index (χ4n) is 7.92. The van der Waals surface area contributed by atoms with Gasteiger partial charge in [0.05, 0.1) is 6.10 Å². The molecule has 8 atom stereocenters. The Morgan fingerprint density at radius 2 is 2.00 bits per heavy atom. The van der Waals surface area contributed by atoms with Crippen molar-refractivity contribution >= 4 is 23.5 Å². The Balaban J connectivity index is 1.75. The summed E-state index contributed by atoms with van der Waals surface area (Å²) >= 11 is 0. The smallest absolute Gasteiger partial charge is 0.306 e. The number of ketones is 2. The van der Waals surface area contributed by atoms with Gasteiger partial charge in [0.1, 0.15) is 0 Å². The average molecular weight is 510 g/mol. The van der Waals surface area contributed by atoms with Gasteiger partial charge in [0.15, 0.2) is 23.7 Å². The second kappa shape index (κ2) is 8.89. The van der Waals surface area contributed by atoms with Gasteiger partial charge in [0.2, 0.25) is 5.78 Å². The third-order valence-electron chi connectivity index (χ3n) is 9.60. The summed E-state index contributed by atoms with van der Waals surface area (Å²) in [6.07, 6.45) is -0.255. The van der Waals surface area contributed by atoms with Crippen LogP contribution in [0.4, 0.5) is 4.39 Å². The number of alkyl halides is 1. The van der Waals surface area contributed by atoms with E-state index in [0.717, 1.165) is 0 Å². The van der Waals surface area contributed by atoms with Crippen LogP contribution in [0.5, 0.6) is 0 Å². The fraction of sp³-hybridized carbons (Fsp3) is 0.714. The Labute approximate surface area is 218 Å². The van der Waals surface area contributed by atoms with Gasteiger partial charge >= 0.3 is 11.9 Å². The maximum Gasteiger partial charge on any atom is 0.306 e. The molecule has 4 aliphatic rings. The zero-order chi connectivity index (χ0) is 31.0. The van der Waals surface area contributed by atoms with Crippen molar-refractivity contribution in [2.75, 3.05) is 6.61 Å². The number of allylic oxidation sites excluding steroid dienone is 4. The van der Waals surface area contributed by atoms with E-state index in [9.17, 15) is 24.3 Å². The Bertz CT molecular complexity index is 1230. The van der Waals surface area contributed by atoms with E-state index in [1.54, 1.807) is 20.8 Å². The van der Waals surface area contributed by atoms with Crippen LogP contribution in [0, 0.1) is 28.6 Å². The molecule has 1 N–H and O–H groups in total. The number of ether oxygens (including phenoxy) is 2. The van der Waals surface area contributed by atoms with Crippen LogP contribution in [-0.2, 0) is 28.7 Å². The van der Waals surface area contributed by atoms with Gasteiger partial charge in [-0.2, -0.15) is 0 Å². The number of carbonyl (C=O) groups excluding carboxylic acids is 4. The third-order valence-corrected chi connectivity index (χ3v) is 9.60. The highest BCUT2D eigenvalue weighted by Gasteiger charge is 2.77. The molecule has 0 bridgehead atoms. The van der Waals surface area contributed by atoms with E-state index in [4.69, 9.17) is 16.3 Å². The summed E-state index contributed by atoms with van der Waals surface area (Å²) in [7, 11) is 0. The predicted octanol–water partition coefficient (Wildman–Crippen LogP) is 3.82. The van der Waals surface area contributed by atoms with Crippen molar-refractivity contribution in [3.05, 3.63) is 23.8 Å². The predicted molar refractivity (Wildman–Crippen MR) is 128 cm³/mol. The lowest BCUT2D eigenvalue weighted by atomic mass is 9.44. The molecule has 3 saturated carbocycles. The van der Waals surface area contributed by atoms with Gasteiger partial charge in [-0.05, 0) is 50.7 Å². The minimum atomic E-state index is -3.39. The van der Waals surface area contributed by atoms with E-state index in [1.165, 1.54) is 25.2 Å². The maximum atomic E-state index is 17.5. The Morgan fingerprint density at radius 3 is 2.67 bits per heavy atom. The number of aliphatic hydroxyl groups is 1. The summed E-state index contributed by atoms with van der Waals surface area (Å²) in [6.45, 7) is 2.08. The topological polar surface area (TPSA) is 107 Å². The van der Waals surface area contributed by atoms with Crippen molar-refractivity contribution in [3.8, 4) is 0 Å². The molecule has 3 fully saturated rings. The Kier molecular flexibility index (Phi) is 5.11. The first-order chi connectivity index (χ1) is 18.7. The number of halogens is 1. The van der Waals surface area contributed by atoms with E-state index in [2.05, 4.69) is 0 Å². The van der Waals surface area contributed by atoms with Crippen molar-refractivity contribution in [2.45, 2.75) is 90.4 Å². The van der Waals surface area contributed by atoms with Gasteiger partial charge in [-0.15, -0.1) is 0 Å². The molecule has 7 nitrogen and oxygen atoms in total. The van der Waals surface area contributed by atoms with Gasteiger partial charge in [-0.25, -0.2) is 4.39 Å². The molecule has 0 radical (unpaired) electrons. The Hall–Kier alpha value is -2.35. The van der Waals surface area contributed by atoms with Crippen LogP contribution in [0.15, 0.2) is 23.8 Å². The van der Waals surface area contributed by atoms with Crippen LogP contribution in [0.3, 0.4) is 0 Å². The number of aliphatic hydroxyl groups excluding tert-OH is 1. The number of hydrogen-bond donors (Lipinski definition) is 1. The minimum absolute atomic E-state index is 0.103. The molecule has 0 aliphatic heterocycles. The van der Waals surface area contributed by atoms with Gasteiger partial charge in [0, 0.05) is 42.3 Å². The normalized spacial score (nSPS) is 45.9. The summed E-state index contributed by atoms with van der Waals surface area (Å²) in [5.41, 5.74) is -6.13. The first kappa shape index (κ1) is 20.7. The molecule has 36 heavy (non-hydrogen) atoms. The van der Waals surface area contributed by atoms with Gasteiger partial charge < -0.3 is 14.6 Å². The van der Waals surface area contributed by atoms with Crippen molar-refractivity contribution in [1.29, 1.82) is 0 Å². The lowest BCUT2D eigenvalue weighted by Crippen LogP contribution is -2.70. The molecule has 0 saturated heterocycles. The summed E-state index contributed by atoms with van der Waals surface area (Å²) in [5.74, 6) is -5.69. The minimum Gasteiger partial charge on any atom is -0.457 e. The first-order valence-electron chi connectivity index (χ1n) is 15.0. The second-order valence-corrected chi connectivity index (χ2v) is 11.1. The van der Waals surface area contributed by atoms with Crippen LogP contribution >= 0.6 is 0 Å². The molecular formula is C28H37FO7. The summed E-state index contributed by atoms with van der Waals surface area (Å²) in [5, 5.41) is 11.6. The summed E-state index contributed by atoms with van der Waals surface area (Å²) in [6, 6.07) is 0. The van der Waals surface area contributed by atoms with E-state index in [0.29, 0.717) is 12.0 Å². The molecule has 198 valence electrons. The monoisotopic (exact) mass is 509 g/mol. The molecule has 0 aromatic heterocycles. The highest BCUT2D eigenvalue weighted by atomic mass is 19.1. The lowest BCUT2D eigenvalue weighted by Gasteiger charge is -2.62. The molecule has 0 aromatic rings. The van der Waals surface area contributed by atoms with Gasteiger partial charge in [-0.3, -0.25) is 19.2 Å². The van der Waals surface area contributed by atoms with Crippen molar-refractivity contribution < 1.29 is 45.0 Å². The number of Topliss-reactive ketones (excluding diaryl/α,β-unsaturated/α-hetero) is 1. The van der Waals surface area contributed by atoms with Crippen molar-refractivity contribution in [2.24, 2.45) is 28.6 Å². The third kappa shape index (κ3) is 3.39. The van der Waals surface area contributed by atoms with Crippen LogP contribution in [0.2, 0.25) is 0 Å². The maximum absolute atomic E-state index is 17.5. The summed E-state index contributed by atoms with van der Waals surface area (Å²) in [4.78, 5) is 51.2. The van der Waals surface area contributed by atoms with Crippen molar-refractivity contribution in [3.63, 3.8) is 0 Å². The molecule has 4 aliphatic carbocycles. The van der Waals surface area contributed by atoms with E-state index in [-0.39, 0.29) is 31.5 Å². The van der Waals surface area contributed by atoms with Crippen LogP contribution in [-0.4, -0.2) is 52.6 Å². The quantitative estimate of drug-likeness (QED) is 0.543. The number of fused-ring (bicyclic) bond motifs is 5.